The summed E-state index contributed by atoms with van der Waals surface area (Å²) in [5, 5.41) is 20.6. The van der Waals surface area contributed by atoms with Gasteiger partial charge >= 0.3 is 0 Å². The van der Waals surface area contributed by atoms with Gasteiger partial charge in [0.15, 0.2) is 5.75 Å². The van der Waals surface area contributed by atoms with Crippen molar-refractivity contribution in [2.24, 2.45) is 0 Å². The molecule has 0 radical (unpaired) electrons. The second-order valence-corrected chi connectivity index (χ2v) is 5.78. The molecular formula is C19H18N4O4. The van der Waals surface area contributed by atoms with Crippen molar-refractivity contribution in [3.63, 3.8) is 0 Å². The predicted molar refractivity (Wildman–Crippen MR) is 98.6 cm³/mol. The van der Waals surface area contributed by atoms with E-state index in [1.807, 2.05) is 30.3 Å². The molecule has 0 bridgehead atoms. The quantitative estimate of drug-likeness (QED) is 0.381. The average Bonchev–Trinajstić information content (AvgIpc) is 2.94. The summed E-state index contributed by atoms with van der Waals surface area (Å²) in [5.74, 6) is -1.99. The van der Waals surface area contributed by atoms with Crippen LogP contribution < -0.4 is 21.3 Å². The Hall–Kier alpha value is -3.81. The lowest BCUT2D eigenvalue weighted by molar-refractivity contribution is -0.124. The van der Waals surface area contributed by atoms with Crippen molar-refractivity contribution in [3.8, 4) is 5.75 Å². The SMILES string of the molecule is CNC(=O)c1cccc(NC2=C(NCc3ccccc3)C(=O)NC2=O)c1O. The molecule has 27 heavy (non-hydrogen) atoms. The monoisotopic (exact) mass is 366 g/mol. The number of hydrogen-bond donors (Lipinski definition) is 5. The third kappa shape index (κ3) is 3.74. The van der Waals surface area contributed by atoms with E-state index in [9.17, 15) is 19.5 Å². The lowest BCUT2D eigenvalue weighted by atomic mass is 10.1. The maximum Gasteiger partial charge on any atom is 0.276 e. The molecule has 2 aromatic carbocycles. The van der Waals surface area contributed by atoms with E-state index in [1.54, 1.807) is 6.07 Å². The van der Waals surface area contributed by atoms with Gasteiger partial charge in [-0.15, -0.1) is 0 Å². The van der Waals surface area contributed by atoms with Crippen molar-refractivity contribution < 1.29 is 19.5 Å². The van der Waals surface area contributed by atoms with Gasteiger partial charge in [0.2, 0.25) is 0 Å². The molecular weight excluding hydrogens is 348 g/mol. The van der Waals surface area contributed by atoms with Crippen LogP contribution in [-0.4, -0.2) is 29.9 Å². The van der Waals surface area contributed by atoms with E-state index in [0.717, 1.165) is 5.56 Å². The first-order valence-electron chi connectivity index (χ1n) is 8.20. The van der Waals surface area contributed by atoms with Crippen molar-refractivity contribution in [1.29, 1.82) is 0 Å². The zero-order valence-corrected chi connectivity index (χ0v) is 14.5. The third-order valence-corrected chi connectivity index (χ3v) is 4.01. The Morgan fingerprint density at radius 3 is 2.41 bits per heavy atom. The Balaban J connectivity index is 1.88. The molecule has 138 valence electrons. The molecule has 1 heterocycles. The van der Waals surface area contributed by atoms with Gasteiger partial charge in [0, 0.05) is 13.6 Å². The Labute approximate surface area is 155 Å². The summed E-state index contributed by atoms with van der Waals surface area (Å²) < 4.78 is 0. The minimum Gasteiger partial charge on any atom is -0.505 e. The molecule has 0 spiro atoms. The fourth-order valence-electron chi connectivity index (χ4n) is 2.63. The highest BCUT2D eigenvalue weighted by molar-refractivity contribution is 6.20. The van der Waals surface area contributed by atoms with Crippen LogP contribution in [0.2, 0.25) is 0 Å². The van der Waals surface area contributed by atoms with Gasteiger partial charge in [-0.2, -0.15) is 0 Å². The molecule has 0 fully saturated rings. The number of carbonyl (C=O) groups excluding carboxylic acids is 3. The molecule has 3 amide bonds. The summed E-state index contributed by atoms with van der Waals surface area (Å²) in [7, 11) is 1.44. The molecule has 5 N–H and O–H groups in total. The minimum absolute atomic E-state index is 0.0275. The Bertz CT molecular complexity index is 938. The van der Waals surface area contributed by atoms with Crippen molar-refractivity contribution in [2.45, 2.75) is 6.54 Å². The standard InChI is InChI=1S/C19H18N4O4/c1-20-17(25)12-8-5-9-13(16(12)24)22-15-14(18(26)23-19(15)27)21-10-11-6-3-2-4-7-11/h2-9,24H,10H2,1H3,(H,20,25)(H3,21,22,23,26,27). The molecule has 8 heteroatoms. The topological polar surface area (TPSA) is 120 Å². The molecule has 2 aromatic rings. The van der Waals surface area contributed by atoms with Gasteiger partial charge in [-0.3, -0.25) is 19.7 Å². The number of aromatic hydroxyl groups is 1. The molecule has 1 aliphatic rings. The van der Waals surface area contributed by atoms with E-state index < -0.39 is 17.7 Å². The molecule has 0 unspecified atom stereocenters. The summed E-state index contributed by atoms with van der Waals surface area (Å²) in [4.78, 5) is 36.0. The third-order valence-electron chi connectivity index (χ3n) is 4.01. The molecule has 0 aliphatic carbocycles. The molecule has 1 aliphatic heterocycles. The normalized spacial score (nSPS) is 13.4. The Morgan fingerprint density at radius 2 is 1.70 bits per heavy atom. The average molecular weight is 366 g/mol. The van der Waals surface area contributed by atoms with Crippen LogP contribution in [0.15, 0.2) is 59.9 Å². The fourth-order valence-corrected chi connectivity index (χ4v) is 2.63. The van der Waals surface area contributed by atoms with Gasteiger partial charge in [-0.05, 0) is 17.7 Å². The number of phenolic OH excluding ortho intramolecular Hbond substituents is 1. The first-order valence-corrected chi connectivity index (χ1v) is 8.20. The van der Waals surface area contributed by atoms with Crippen LogP contribution in [0.25, 0.3) is 0 Å². The molecule has 3 rings (SSSR count). The van der Waals surface area contributed by atoms with Crippen molar-refractivity contribution in [2.75, 3.05) is 12.4 Å². The van der Waals surface area contributed by atoms with E-state index >= 15 is 0 Å². The van der Waals surface area contributed by atoms with Crippen LogP contribution in [0.5, 0.6) is 5.75 Å². The number of anilines is 1. The number of rotatable bonds is 6. The lowest BCUT2D eigenvalue weighted by Gasteiger charge is -2.12. The van der Waals surface area contributed by atoms with Crippen LogP contribution >= 0.6 is 0 Å². The number of nitrogens with one attached hydrogen (secondary N) is 4. The van der Waals surface area contributed by atoms with Crippen molar-refractivity contribution >= 4 is 23.4 Å². The van der Waals surface area contributed by atoms with E-state index in [1.165, 1.54) is 19.2 Å². The Morgan fingerprint density at radius 1 is 1.00 bits per heavy atom. The van der Waals surface area contributed by atoms with Gasteiger partial charge in [0.05, 0.1) is 11.3 Å². The smallest absolute Gasteiger partial charge is 0.276 e. The van der Waals surface area contributed by atoms with Crippen molar-refractivity contribution in [3.05, 3.63) is 71.1 Å². The van der Waals surface area contributed by atoms with Crippen molar-refractivity contribution in [1.82, 2.24) is 16.0 Å². The van der Waals surface area contributed by atoms with Crippen LogP contribution in [0.3, 0.4) is 0 Å². The number of carbonyl (C=O) groups is 3. The molecule has 0 aromatic heterocycles. The van der Waals surface area contributed by atoms with Gasteiger partial charge in [-0.1, -0.05) is 36.4 Å². The van der Waals surface area contributed by atoms with E-state index in [2.05, 4.69) is 21.3 Å². The fraction of sp³-hybridized carbons (Fsp3) is 0.105. The van der Waals surface area contributed by atoms with Crippen LogP contribution in [0.1, 0.15) is 15.9 Å². The summed E-state index contributed by atoms with van der Waals surface area (Å²) in [6.07, 6.45) is 0. The molecule has 0 saturated heterocycles. The second-order valence-electron chi connectivity index (χ2n) is 5.78. The van der Waals surface area contributed by atoms with Crippen LogP contribution in [0.4, 0.5) is 5.69 Å². The van der Waals surface area contributed by atoms with E-state index in [-0.39, 0.29) is 28.4 Å². The second kappa shape index (κ2) is 7.61. The number of hydrogen-bond acceptors (Lipinski definition) is 6. The highest BCUT2D eigenvalue weighted by atomic mass is 16.3. The summed E-state index contributed by atoms with van der Waals surface area (Å²) in [6, 6.07) is 13.9. The van der Waals surface area contributed by atoms with Gasteiger partial charge in [-0.25, -0.2) is 0 Å². The zero-order valence-electron chi connectivity index (χ0n) is 14.5. The number of benzene rings is 2. The largest absolute Gasteiger partial charge is 0.505 e. The lowest BCUT2D eigenvalue weighted by Crippen LogP contribution is -2.27. The number of phenols is 1. The highest BCUT2D eigenvalue weighted by Crippen LogP contribution is 2.29. The van der Waals surface area contributed by atoms with Gasteiger partial charge < -0.3 is 21.1 Å². The maximum atomic E-state index is 12.1. The summed E-state index contributed by atoms with van der Waals surface area (Å²) in [6.45, 7) is 0.340. The first-order chi connectivity index (χ1) is 13.0. The molecule has 8 nitrogen and oxygen atoms in total. The van der Waals surface area contributed by atoms with E-state index in [4.69, 9.17) is 0 Å². The van der Waals surface area contributed by atoms with Crippen LogP contribution in [-0.2, 0) is 16.1 Å². The van der Waals surface area contributed by atoms with Crippen LogP contribution in [0, 0.1) is 0 Å². The summed E-state index contributed by atoms with van der Waals surface area (Å²) >= 11 is 0. The highest BCUT2D eigenvalue weighted by Gasteiger charge is 2.31. The zero-order chi connectivity index (χ0) is 19.4. The molecule has 0 atom stereocenters. The Kier molecular flexibility index (Phi) is 5.07. The minimum atomic E-state index is -0.625. The summed E-state index contributed by atoms with van der Waals surface area (Å²) in [5.41, 5.74) is 1.15. The number of amides is 3. The predicted octanol–water partition coefficient (Wildman–Crippen LogP) is 0.821. The van der Waals surface area contributed by atoms with Gasteiger partial charge in [0.25, 0.3) is 17.7 Å². The molecule has 0 saturated carbocycles. The van der Waals surface area contributed by atoms with Gasteiger partial charge in [0.1, 0.15) is 11.4 Å². The first kappa shape index (κ1) is 18.0. The maximum absolute atomic E-state index is 12.1. The van der Waals surface area contributed by atoms with E-state index in [0.29, 0.717) is 6.54 Å². The number of imide groups is 1. The number of para-hydroxylation sites is 1.